The van der Waals surface area contributed by atoms with Crippen LogP contribution in [0, 0.1) is 24.1 Å². The number of nitriles is 1. The van der Waals surface area contributed by atoms with Crippen molar-refractivity contribution in [2.24, 2.45) is 0 Å². The number of benzene rings is 3. The average Bonchev–Trinajstić information content (AvgIpc) is 3.21. The largest absolute Gasteiger partial charge is 0.453 e. The molecular formula is C23H13BrCl2FN3O2. The van der Waals surface area contributed by atoms with Crippen molar-refractivity contribution in [2.45, 2.75) is 13.3 Å². The van der Waals surface area contributed by atoms with Crippen molar-refractivity contribution in [1.82, 2.24) is 10.2 Å². The molecule has 0 saturated heterocycles. The Hall–Kier alpha value is -2.92. The van der Waals surface area contributed by atoms with E-state index in [1.807, 2.05) is 31.2 Å². The van der Waals surface area contributed by atoms with Gasteiger partial charge >= 0.3 is 0 Å². The van der Waals surface area contributed by atoms with Gasteiger partial charge in [0.1, 0.15) is 5.75 Å². The summed E-state index contributed by atoms with van der Waals surface area (Å²) in [6.07, 6.45) is 0.0426. The third-order valence-electron chi connectivity index (χ3n) is 4.58. The molecule has 0 aliphatic carbocycles. The molecule has 4 rings (SSSR count). The first-order valence-corrected chi connectivity index (χ1v) is 10.8. The highest BCUT2D eigenvalue weighted by atomic mass is 79.9. The Balaban J connectivity index is 1.62. The van der Waals surface area contributed by atoms with Crippen LogP contribution in [0.5, 0.6) is 11.5 Å². The topological polar surface area (TPSA) is 71.9 Å². The van der Waals surface area contributed by atoms with Gasteiger partial charge in [0.2, 0.25) is 11.8 Å². The third kappa shape index (κ3) is 4.78. The van der Waals surface area contributed by atoms with Crippen LogP contribution < -0.4 is 4.74 Å². The number of ether oxygens (including phenoxy) is 1. The Bertz CT molecular complexity index is 1370. The second-order valence-electron chi connectivity index (χ2n) is 6.88. The van der Waals surface area contributed by atoms with Crippen molar-refractivity contribution in [2.75, 3.05) is 0 Å². The molecule has 4 aromatic rings. The Morgan fingerprint density at radius 3 is 2.69 bits per heavy atom. The van der Waals surface area contributed by atoms with Crippen LogP contribution in [0.3, 0.4) is 0 Å². The Morgan fingerprint density at radius 1 is 1.12 bits per heavy atom. The second kappa shape index (κ2) is 9.29. The van der Waals surface area contributed by atoms with Crippen LogP contribution >= 0.6 is 39.1 Å². The normalized spacial score (nSPS) is 10.8. The summed E-state index contributed by atoms with van der Waals surface area (Å²) >= 11 is 15.6. The Kier molecular flexibility index (Phi) is 6.47. The summed E-state index contributed by atoms with van der Waals surface area (Å²) in [7, 11) is 0. The summed E-state index contributed by atoms with van der Waals surface area (Å²) in [5, 5.41) is 17.6. The maximum atomic E-state index is 15.2. The number of rotatable bonds is 5. The van der Waals surface area contributed by atoms with E-state index in [-0.39, 0.29) is 45.0 Å². The molecule has 1 heterocycles. The van der Waals surface area contributed by atoms with Gasteiger partial charge in [0.15, 0.2) is 11.6 Å². The molecule has 0 radical (unpaired) electrons. The molecule has 0 aliphatic heterocycles. The lowest BCUT2D eigenvalue weighted by Gasteiger charge is -2.12. The van der Waals surface area contributed by atoms with Crippen LogP contribution in [0.15, 0.2) is 57.4 Å². The molecule has 160 valence electrons. The predicted octanol–water partition coefficient (Wildman–Crippen LogP) is 7.51. The standard InChI is InChI=1S/C23H13BrCl2FN3O2/c1-12-6-15(24)3-4-18(12)23-30-29-20(32-23)9-14-2-5-19(26)22(21(14)27)31-17-8-13(11-28)7-16(25)10-17/h2-8,10H,9H2,1H3. The Labute approximate surface area is 201 Å². The highest BCUT2D eigenvalue weighted by molar-refractivity contribution is 9.10. The van der Waals surface area contributed by atoms with E-state index in [1.54, 1.807) is 0 Å². The van der Waals surface area contributed by atoms with Crippen molar-refractivity contribution in [1.29, 1.82) is 5.26 Å². The SMILES string of the molecule is Cc1cc(Br)ccc1-c1nnc(Cc2ccc(Cl)c(Oc3cc(Cl)cc(C#N)c3)c2F)o1. The average molecular weight is 533 g/mol. The zero-order valence-corrected chi connectivity index (χ0v) is 19.6. The molecule has 0 bridgehead atoms. The minimum absolute atomic E-state index is 0.0426. The molecule has 0 aliphatic rings. The van der Waals surface area contributed by atoms with E-state index in [4.69, 9.17) is 37.6 Å². The number of hydrogen-bond acceptors (Lipinski definition) is 5. The summed E-state index contributed by atoms with van der Waals surface area (Å²) in [5.41, 5.74) is 2.29. The molecule has 0 amide bonds. The van der Waals surface area contributed by atoms with Crippen molar-refractivity contribution in [3.63, 3.8) is 0 Å². The van der Waals surface area contributed by atoms with Gasteiger partial charge in [-0.05, 0) is 55.0 Å². The summed E-state index contributed by atoms with van der Waals surface area (Å²) in [4.78, 5) is 0. The maximum absolute atomic E-state index is 15.2. The lowest BCUT2D eigenvalue weighted by molar-refractivity contribution is 0.437. The maximum Gasteiger partial charge on any atom is 0.248 e. The van der Waals surface area contributed by atoms with E-state index in [2.05, 4.69) is 26.1 Å². The minimum Gasteiger partial charge on any atom is -0.453 e. The van der Waals surface area contributed by atoms with Crippen molar-refractivity contribution < 1.29 is 13.5 Å². The molecule has 1 aromatic heterocycles. The molecule has 0 unspecified atom stereocenters. The molecule has 9 heteroatoms. The number of hydrogen-bond donors (Lipinski definition) is 0. The fourth-order valence-corrected chi connectivity index (χ4v) is 3.96. The second-order valence-corrected chi connectivity index (χ2v) is 8.64. The van der Waals surface area contributed by atoms with Crippen LogP contribution in [-0.2, 0) is 6.42 Å². The van der Waals surface area contributed by atoms with Crippen LogP contribution in [0.4, 0.5) is 4.39 Å². The van der Waals surface area contributed by atoms with Gasteiger partial charge in [-0.3, -0.25) is 0 Å². The summed E-state index contributed by atoms with van der Waals surface area (Å²) in [6, 6.07) is 15.1. The molecule has 0 N–H and O–H groups in total. The van der Waals surface area contributed by atoms with Crippen molar-refractivity contribution >= 4 is 39.1 Å². The smallest absolute Gasteiger partial charge is 0.248 e. The van der Waals surface area contributed by atoms with Crippen LogP contribution in [0.2, 0.25) is 10.0 Å². The number of aryl methyl sites for hydroxylation is 1. The molecule has 0 saturated carbocycles. The van der Waals surface area contributed by atoms with E-state index in [0.29, 0.717) is 5.89 Å². The summed E-state index contributed by atoms with van der Waals surface area (Å²) in [6.45, 7) is 1.93. The number of halogens is 4. The molecule has 0 fully saturated rings. The van der Waals surface area contributed by atoms with Crippen LogP contribution in [0.25, 0.3) is 11.5 Å². The number of aromatic nitrogens is 2. The highest BCUT2D eigenvalue weighted by Gasteiger charge is 2.19. The monoisotopic (exact) mass is 531 g/mol. The van der Waals surface area contributed by atoms with Gasteiger partial charge in [-0.25, -0.2) is 4.39 Å². The van der Waals surface area contributed by atoms with E-state index in [0.717, 1.165) is 15.6 Å². The third-order valence-corrected chi connectivity index (χ3v) is 5.59. The fourth-order valence-electron chi connectivity index (χ4n) is 3.07. The molecule has 32 heavy (non-hydrogen) atoms. The first kappa shape index (κ1) is 22.3. The van der Waals surface area contributed by atoms with Crippen molar-refractivity contribution in [3.8, 4) is 29.0 Å². The summed E-state index contributed by atoms with van der Waals surface area (Å²) in [5.74, 6) is -0.0741. The molecule has 0 spiro atoms. The first-order valence-electron chi connectivity index (χ1n) is 9.28. The van der Waals surface area contributed by atoms with E-state index in [9.17, 15) is 0 Å². The van der Waals surface area contributed by atoms with E-state index < -0.39 is 5.82 Å². The van der Waals surface area contributed by atoms with Gasteiger partial charge in [-0.1, -0.05) is 45.2 Å². The first-order chi connectivity index (χ1) is 15.3. The van der Waals surface area contributed by atoms with E-state index >= 15 is 4.39 Å². The minimum atomic E-state index is -0.671. The van der Waals surface area contributed by atoms with Gasteiger partial charge < -0.3 is 9.15 Å². The zero-order valence-electron chi connectivity index (χ0n) is 16.5. The quantitative estimate of drug-likeness (QED) is 0.266. The fraction of sp³-hybridized carbons (Fsp3) is 0.0870. The Morgan fingerprint density at radius 2 is 1.94 bits per heavy atom. The van der Waals surface area contributed by atoms with Gasteiger partial charge in [-0.15, -0.1) is 10.2 Å². The molecular weight excluding hydrogens is 520 g/mol. The van der Waals surface area contributed by atoms with Gasteiger partial charge in [-0.2, -0.15) is 5.26 Å². The van der Waals surface area contributed by atoms with E-state index in [1.165, 1.54) is 30.3 Å². The van der Waals surface area contributed by atoms with Crippen LogP contribution in [0.1, 0.15) is 22.6 Å². The molecule has 3 aromatic carbocycles. The van der Waals surface area contributed by atoms with Gasteiger partial charge in [0.25, 0.3) is 0 Å². The van der Waals surface area contributed by atoms with Gasteiger partial charge in [0.05, 0.1) is 23.1 Å². The molecule has 5 nitrogen and oxygen atoms in total. The highest BCUT2D eigenvalue weighted by Crippen LogP contribution is 2.36. The number of nitrogens with zero attached hydrogens (tertiary/aromatic N) is 3. The predicted molar refractivity (Wildman–Crippen MR) is 123 cm³/mol. The summed E-state index contributed by atoms with van der Waals surface area (Å²) < 4.78 is 27.5. The molecule has 0 atom stereocenters. The lowest BCUT2D eigenvalue weighted by Crippen LogP contribution is -1.98. The van der Waals surface area contributed by atoms with Crippen LogP contribution in [-0.4, -0.2) is 10.2 Å². The van der Waals surface area contributed by atoms with Crippen molar-refractivity contribution in [3.05, 3.63) is 91.4 Å². The van der Waals surface area contributed by atoms with Gasteiger partial charge in [0, 0.05) is 20.6 Å². The zero-order chi connectivity index (χ0) is 22.8. The lowest BCUT2D eigenvalue weighted by atomic mass is 10.1.